The summed E-state index contributed by atoms with van der Waals surface area (Å²) in [6.45, 7) is 6.42. The van der Waals surface area contributed by atoms with Gasteiger partial charge in [0, 0.05) is 58.1 Å². The van der Waals surface area contributed by atoms with Crippen molar-refractivity contribution < 1.29 is 9.59 Å². The maximum atomic E-state index is 12.5. The third-order valence-corrected chi connectivity index (χ3v) is 4.28. The Morgan fingerprint density at radius 3 is 2.62 bits per heavy atom. The molecule has 8 nitrogen and oxygen atoms in total. The van der Waals surface area contributed by atoms with Crippen LogP contribution in [0.5, 0.6) is 0 Å². The number of anilines is 1. The number of nitrogens with zero attached hydrogens (tertiary/aromatic N) is 5. The predicted octanol–water partition coefficient (Wildman–Crippen LogP) is 0.779. The summed E-state index contributed by atoms with van der Waals surface area (Å²) in [5.74, 6) is 1.09. The molecule has 1 N–H and O–H groups in total. The van der Waals surface area contributed by atoms with Crippen LogP contribution in [0.2, 0.25) is 0 Å². The number of aromatic nitrogens is 3. The van der Waals surface area contributed by atoms with Crippen LogP contribution in [0.3, 0.4) is 0 Å². The molecule has 0 atom stereocenters. The van der Waals surface area contributed by atoms with Crippen molar-refractivity contribution in [1.29, 1.82) is 0 Å². The van der Waals surface area contributed by atoms with Gasteiger partial charge in [0.25, 0.3) is 5.91 Å². The molecule has 0 unspecified atom stereocenters. The van der Waals surface area contributed by atoms with Gasteiger partial charge in [-0.05, 0) is 18.6 Å². The molecular formula is C18H22N6O2. The Bertz CT molecular complexity index is 788. The molecule has 0 saturated carbocycles. The molecule has 0 radical (unpaired) electrons. The summed E-state index contributed by atoms with van der Waals surface area (Å²) < 4.78 is 0. The number of hydrogen-bond acceptors (Lipinski definition) is 6. The van der Waals surface area contributed by atoms with Gasteiger partial charge < -0.3 is 15.1 Å². The molecule has 1 saturated heterocycles. The smallest absolute Gasteiger partial charge is 0.270 e. The molecule has 0 aliphatic carbocycles. The second kappa shape index (κ2) is 7.90. The minimum atomic E-state index is -0.247. The first-order valence-corrected chi connectivity index (χ1v) is 8.56. The molecule has 2 aromatic rings. The molecule has 0 spiro atoms. The summed E-state index contributed by atoms with van der Waals surface area (Å²) in [4.78, 5) is 40.5. The normalized spacial score (nSPS) is 14.2. The van der Waals surface area contributed by atoms with Gasteiger partial charge in [-0.15, -0.1) is 0 Å². The third-order valence-electron chi connectivity index (χ3n) is 4.28. The van der Waals surface area contributed by atoms with E-state index in [1.807, 2.05) is 17.0 Å². The quantitative estimate of drug-likeness (QED) is 0.872. The molecule has 26 heavy (non-hydrogen) atoms. The van der Waals surface area contributed by atoms with E-state index < -0.39 is 0 Å². The minimum absolute atomic E-state index is 0.0824. The van der Waals surface area contributed by atoms with E-state index in [4.69, 9.17) is 0 Å². The lowest BCUT2D eigenvalue weighted by Gasteiger charge is -2.35. The van der Waals surface area contributed by atoms with Crippen LogP contribution in [0.4, 0.5) is 5.82 Å². The maximum Gasteiger partial charge on any atom is 0.270 e. The summed E-state index contributed by atoms with van der Waals surface area (Å²) in [7, 11) is 0. The van der Waals surface area contributed by atoms with Gasteiger partial charge in [0.1, 0.15) is 17.3 Å². The van der Waals surface area contributed by atoms with E-state index in [2.05, 4.69) is 25.2 Å². The molecule has 1 fully saturated rings. The molecule has 0 aromatic carbocycles. The van der Waals surface area contributed by atoms with E-state index in [1.54, 1.807) is 32.3 Å². The molecule has 136 valence electrons. The first-order valence-electron chi connectivity index (χ1n) is 8.56. The average Bonchev–Trinajstić information content (AvgIpc) is 2.66. The fourth-order valence-corrected chi connectivity index (χ4v) is 2.86. The number of carbonyl (C=O) groups is 2. The van der Waals surface area contributed by atoms with Crippen molar-refractivity contribution in [3.8, 4) is 0 Å². The second-order valence-electron chi connectivity index (χ2n) is 6.20. The highest BCUT2D eigenvalue weighted by molar-refractivity contribution is 5.92. The van der Waals surface area contributed by atoms with Crippen LogP contribution in [0.1, 0.15) is 28.8 Å². The van der Waals surface area contributed by atoms with Gasteiger partial charge >= 0.3 is 0 Å². The summed E-state index contributed by atoms with van der Waals surface area (Å²) in [5.41, 5.74) is 1.26. The highest BCUT2D eigenvalue weighted by atomic mass is 16.2. The van der Waals surface area contributed by atoms with Crippen molar-refractivity contribution in [2.45, 2.75) is 20.4 Å². The van der Waals surface area contributed by atoms with Gasteiger partial charge in [-0.2, -0.15) is 0 Å². The lowest BCUT2D eigenvalue weighted by atomic mass is 10.2. The van der Waals surface area contributed by atoms with Gasteiger partial charge in [0.2, 0.25) is 5.91 Å². The van der Waals surface area contributed by atoms with E-state index in [-0.39, 0.29) is 11.8 Å². The van der Waals surface area contributed by atoms with Crippen molar-refractivity contribution in [3.05, 3.63) is 47.7 Å². The van der Waals surface area contributed by atoms with Crippen molar-refractivity contribution in [2.24, 2.45) is 0 Å². The number of nitrogens with one attached hydrogen (secondary N) is 1. The van der Waals surface area contributed by atoms with Gasteiger partial charge in [0.15, 0.2) is 0 Å². The Labute approximate surface area is 152 Å². The van der Waals surface area contributed by atoms with Crippen LogP contribution in [0.15, 0.2) is 30.6 Å². The van der Waals surface area contributed by atoms with Crippen molar-refractivity contribution in [1.82, 2.24) is 25.2 Å². The number of pyridine rings is 1. The van der Waals surface area contributed by atoms with E-state index in [1.165, 1.54) is 0 Å². The van der Waals surface area contributed by atoms with Gasteiger partial charge in [-0.25, -0.2) is 9.97 Å². The maximum absolute atomic E-state index is 12.5. The summed E-state index contributed by atoms with van der Waals surface area (Å²) in [6, 6.07) is 5.43. The van der Waals surface area contributed by atoms with Crippen LogP contribution in [-0.4, -0.2) is 57.8 Å². The van der Waals surface area contributed by atoms with Gasteiger partial charge in [0.05, 0.1) is 0 Å². The predicted molar refractivity (Wildman–Crippen MR) is 96.6 cm³/mol. The van der Waals surface area contributed by atoms with Crippen LogP contribution in [0.25, 0.3) is 0 Å². The van der Waals surface area contributed by atoms with Gasteiger partial charge in [-0.1, -0.05) is 6.07 Å². The standard InChI is InChI=1S/C18H22N6O2/c1-13-21-16(18(26)20-12-15-4-3-5-19-11-15)10-17(22-13)24-8-6-23(7-9-24)14(2)25/h3-5,10-11H,6-9,12H2,1-2H3,(H,20,26). The highest BCUT2D eigenvalue weighted by Gasteiger charge is 2.21. The van der Waals surface area contributed by atoms with Crippen molar-refractivity contribution >= 4 is 17.6 Å². The Hall–Kier alpha value is -3.03. The topological polar surface area (TPSA) is 91.3 Å². The Morgan fingerprint density at radius 1 is 1.19 bits per heavy atom. The average molecular weight is 354 g/mol. The monoisotopic (exact) mass is 354 g/mol. The number of amides is 2. The highest BCUT2D eigenvalue weighted by Crippen LogP contribution is 2.15. The van der Waals surface area contributed by atoms with E-state index in [9.17, 15) is 9.59 Å². The second-order valence-corrected chi connectivity index (χ2v) is 6.20. The Morgan fingerprint density at radius 2 is 1.96 bits per heavy atom. The van der Waals surface area contributed by atoms with E-state index in [0.29, 0.717) is 50.1 Å². The molecule has 3 heterocycles. The van der Waals surface area contributed by atoms with Crippen LogP contribution < -0.4 is 10.2 Å². The zero-order valence-electron chi connectivity index (χ0n) is 15.0. The van der Waals surface area contributed by atoms with Crippen LogP contribution in [-0.2, 0) is 11.3 Å². The molecule has 1 aliphatic heterocycles. The van der Waals surface area contributed by atoms with E-state index >= 15 is 0 Å². The fourth-order valence-electron chi connectivity index (χ4n) is 2.86. The molecule has 1 aliphatic rings. The summed E-state index contributed by atoms with van der Waals surface area (Å²) in [6.07, 6.45) is 3.41. The lowest BCUT2D eigenvalue weighted by Crippen LogP contribution is -2.48. The number of hydrogen-bond donors (Lipinski definition) is 1. The first-order chi connectivity index (χ1) is 12.5. The summed E-state index contributed by atoms with van der Waals surface area (Å²) in [5, 5.41) is 2.85. The number of carbonyl (C=O) groups excluding carboxylic acids is 2. The molecule has 2 aromatic heterocycles. The van der Waals surface area contributed by atoms with Crippen molar-refractivity contribution in [2.75, 3.05) is 31.1 Å². The molecular weight excluding hydrogens is 332 g/mol. The Balaban J connectivity index is 1.67. The number of rotatable bonds is 4. The zero-order valence-corrected chi connectivity index (χ0v) is 15.0. The Kier molecular flexibility index (Phi) is 5.40. The zero-order chi connectivity index (χ0) is 18.5. The third kappa shape index (κ3) is 4.33. The fraction of sp³-hybridized carbons (Fsp3) is 0.389. The minimum Gasteiger partial charge on any atom is -0.353 e. The lowest BCUT2D eigenvalue weighted by molar-refractivity contribution is -0.129. The first kappa shape index (κ1) is 17.8. The number of aryl methyl sites for hydroxylation is 1. The van der Waals surface area contributed by atoms with Crippen LogP contribution >= 0.6 is 0 Å². The SMILES string of the molecule is CC(=O)N1CCN(c2cc(C(=O)NCc3cccnc3)nc(C)n2)CC1. The summed E-state index contributed by atoms with van der Waals surface area (Å²) >= 11 is 0. The van der Waals surface area contributed by atoms with Crippen molar-refractivity contribution in [3.63, 3.8) is 0 Å². The van der Waals surface area contributed by atoms with E-state index in [0.717, 1.165) is 5.56 Å². The molecule has 8 heteroatoms. The van der Waals surface area contributed by atoms with Gasteiger partial charge in [-0.3, -0.25) is 14.6 Å². The van der Waals surface area contributed by atoms with Crippen LogP contribution in [0, 0.1) is 6.92 Å². The molecule has 3 rings (SSSR count). The largest absolute Gasteiger partial charge is 0.353 e. The number of piperazine rings is 1. The molecule has 2 amide bonds. The molecule has 0 bridgehead atoms.